The van der Waals surface area contributed by atoms with Crippen LogP contribution in [-0.4, -0.2) is 53.7 Å². The Morgan fingerprint density at radius 1 is 0.912 bits per heavy atom. The largest absolute Gasteiger partial charge is 0.352 e. The molecule has 0 radical (unpaired) electrons. The first kappa shape index (κ1) is 22.8. The minimum absolute atomic E-state index is 0.133. The smallest absolute Gasteiger partial charge is 0.227 e. The molecule has 2 aliphatic heterocycles. The van der Waals surface area contributed by atoms with Crippen LogP contribution in [0.3, 0.4) is 0 Å². The lowest BCUT2D eigenvalue weighted by atomic mass is 10.1. The maximum absolute atomic E-state index is 14.0. The molecule has 0 aliphatic carbocycles. The molecule has 0 spiro atoms. The van der Waals surface area contributed by atoms with Gasteiger partial charge in [-0.25, -0.2) is 18.7 Å². The molecule has 0 bridgehead atoms. The van der Waals surface area contributed by atoms with E-state index in [0.29, 0.717) is 22.2 Å². The molecular weight excluding hydrogens is 458 g/mol. The van der Waals surface area contributed by atoms with E-state index in [1.165, 1.54) is 12.5 Å². The second-order valence-corrected chi connectivity index (χ2v) is 9.29. The first-order valence-corrected chi connectivity index (χ1v) is 12.1. The Labute approximate surface area is 203 Å². The maximum atomic E-state index is 14.0. The van der Waals surface area contributed by atoms with Crippen LogP contribution >= 0.6 is 11.6 Å². The van der Waals surface area contributed by atoms with Crippen LogP contribution in [0.1, 0.15) is 26.2 Å². The lowest BCUT2D eigenvalue weighted by Crippen LogP contribution is -2.52. The SMILES string of the molecule is C[C@@H]1CN(c2ncccc2Cl)CCN1c1cc(-c2ccc(F)c(F)c2)nc(N2CCCCC2)n1. The molecule has 4 heterocycles. The van der Waals surface area contributed by atoms with Crippen LogP contribution in [0.2, 0.25) is 5.02 Å². The van der Waals surface area contributed by atoms with Gasteiger partial charge in [-0.05, 0) is 56.5 Å². The van der Waals surface area contributed by atoms with Crippen LogP contribution in [0.4, 0.5) is 26.4 Å². The van der Waals surface area contributed by atoms with Gasteiger partial charge in [-0.15, -0.1) is 0 Å². The molecule has 2 aliphatic rings. The molecule has 2 fully saturated rings. The number of anilines is 3. The number of halogens is 3. The van der Waals surface area contributed by atoms with Crippen LogP contribution in [-0.2, 0) is 0 Å². The number of piperazine rings is 1. The van der Waals surface area contributed by atoms with E-state index in [-0.39, 0.29) is 6.04 Å². The Balaban J connectivity index is 1.47. The average molecular weight is 485 g/mol. The van der Waals surface area contributed by atoms with E-state index in [9.17, 15) is 8.78 Å². The molecular formula is C25H27ClF2N6. The second kappa shape index (κ2) is 9.70. The van der Waals surface area contributed by atoms with Crippen molar-refractivity contribution in [2.24, 2.45) is 0 Å². The van der Waals surface area contributed by atoms with Gasteiger partial charge in [0.15, 0.2) is 11.6 Å². The zero-order valence-corrected chi connectivity index (χ0v) is 19.8. The Morgan fingerprint density at radius 3 is 2.47 bits per heavy atom. The van der Waals surface area contributed by atoms with Gasteiger partial charge in [-0.3, -0.25) is 0 Å². The summed E-state index contributed by atoms with van der Waals surface area (Å²) in [4.78, 5) is 20.7. The molecule has 3 aromatic rings. The normalized spacial score (nSPS) is 18.9. The average Bonchev–Trinajstić information content (AvgIpc) is 2.86. The molecule has 1 atom stereocenters. The fourth-order valence-electron chi connectivity index (χ4n) is 4.71. The van der Waals surface area contributed by atoms with Gasteiger partial charge in [0, 0.05) is 56.6 Å². The third-order valence-corrected chi connectivity index (χ3v) is 6.81. The van der Waals surface area contributed by atoms with E-state index in [0.717, 1.165) is 63.3 Å². The number of benzene rings is 1. The minimum atomic E-state index is -0.883. The fraction of sp³-hybridized carbons (Fsp3) is 0.400. The number of rotatable bonds is 4. The number of pyridine rings is 1. The van der Waals surface area contributed by atoms with Gasteiger partial charge in [-0.1, -0.05) is 11.6 Å². The topological polar surface area (TPSA) is 48.4 Å². The highest BCUT2D eigenvalue weighted by Crippen LogP contribution is 2.31. The van der Waals surface area contributed by atoms with Crippen molar-refractivity contribution in [3.05, 3.63) is 59.3 Å². The highest BCUT2D eigenvalue weighted by molar-refractivity contribution is 6.32. The van der Waals surface area contributed by atoms with E-state index in [1.54, 1.807) is 12.3 Å². The molecule has 0 unspecified atom stereocenters. The monoisotopic (exact) mass is 484 g/mol. The molecule has 6 nitrogen and oxygen atoms in total. The third-order valence-electron chi connectivity index (χ3n) is 6.52. The van der Waals surface area contributed by atoms with Crippen molar-refractivity contribution in [3.63, 3.8) is 0 Å². The van der Waals surface area contributed by atoms with Gasteiger partial charge in [0.2, 0.25) is 5.95 Å². The summed E-state index contributed by atoms with van der Waals surface area (Å²) in [6.07, 6.45) is 5.13. The third kappa shape index (κ3) is 4.64. The number of hydrogen-bond donors (Lipinski definition) is 0. The number of nitrogens with zero attached hydrogens (tertiary/aromatic N) is 6. The summed E-state index contributed by atoms with van der Waals surface area (Å²) >= 11 is 6.38. The summed E-state index contributed by atoms with van der Waals surface area (Å²) < 4.78 is 27.6. The van der Waals surface area contributed by atoms with Crippen LogP contribution in [0.5, 0.6) is 0 Å². The van der Waals surface area contributed by atoms with Gasteiger partial charge in [0.1, 0.15) is 11.6 Å². The van der Waals surface area contributed by atoms with Crippen molar-refractivity contribution in [3.8, 4) is 11.3 Å². The van der Waals surface area contributed by atoms with Crippen molar-refractivity contribution in [2.75, 3.05) is 47.4 Å². The van der Waals surface area contributed by atoms with E-state index < -0.39 is 11.6 Å². The van der Waals surface area contributed by atoms with Gasteiger partial charge in [-0.2, -0.15) is 4.98 Å². The quantitative estimate of drug-likeness (QED) is 0.509. The summed E-state index contributed by atoms with van der Waals surface area (Å²) in [6.45, 7) is 6.12. The van der Waals surface area contributed by atoms with Gasteiger partial charge in [0.05, 0.1) is 10.7 Å². The van der Waals surface area contributed by atoms with Crippen molar-refractivity contribution < 1.29 is 8.78 Å². The number of piperidine rings is 1. The Hall–Kier alpha value is -3.00. The van der Waals surface area contributed by atoms with Gasteiger partial charge >= 0.3 is 0 Å². The van der Waals surface area contributed by atoms with Gasteiger partial charge < -0.3 is 14.7 Å². The molecule has 5 rings (SSSR count). The summed E-state index contributed by atoms with van der Waals surface area (Å²) in [7, 11) is 0. The first-order valence-electron chi connectivity index (χ1n) is 11.7. The maximum Gasteiger partial charge on any atom is 0.227 e. The standard InChI is InChI=1S/C25H27ClF2N6/c1-17-16-33(24-19(26)6-5-9-29-24)12-13-34(17)23-15-22(18-7-8-20(27)21(28)14-18)30-25(31-23)32-10-3-2-4-11-32/h5-9,14-15,17H,2-4,10-13,16H2,1H3/t17-/m1/s1. The first-order chi connectivity index (χ1) is 16.5. The highest BCUT2D eigenvalue weighted by atomic mass is 35.5. The minimum Gasteiger partial charge on any atom is -0.352 e. The number of aromatic nitrogens is 3. The van der Waals surface area contributed by atoms with E-state index >= 15 is 0 Å². The van der Waals surface area contributed by atoms with E-state index in [4.69, 9.17) is 21.6 Å². The van der Waals surface area contributed by atoms with Crippen molar-refractivity contribution in [1.82, 2.24) is 15.0 Å². The van der Waals surface area contributed by atoms with Crippen LogP contribution in [0.25, 0.3) is 11.3 Å². The van der Waals surface area contributed by atoms with Crippen LogP contribution < -0.4 is 14.7 Å². The molecule has 178 valence electrons. The summed E-state index contributed by atoms with van der Waals surface area (Å²) in [6, 6.07) is 9.60. The molecule has 0 saturated carbocycles. The fourth-order valence-corrected chi connectivity index (χ4v) is 4.95. The van der Waals surface area contributed by atoms with Crippen LogP contribution in [0, 0.1) is 11.6 Å². The van der Waals surface area contributed by atoms with E-state index in [1.807, 2.05) is 18.2 Å². The molecule has 2 saturated heterocycles. The Morgan fingerprint density at radius 2 is 1.74 bits per heavy atom. The zero-order chi connectivity index (χ0) is 23.7. The number of hydrogen-bond acceptors (Lipinski definition) is 6. The van der Waals surface area contributed by atoms with Gasteiger partial charge in [0.25, 0.3) is 0 Å². The lowest BCUT2D eigenvalue weighted by Gasteiger charge is -2.41. The molecule has 0 N–H and O–H groups in total. The predicted molar refractivity (Wildman–Crippen MR) is 132 cm³/mol. The molecule has 9 heteroatoms. The Bertz CT molecular complexity index is 1170. The molecule has 2 aromatic heterocycles. The highest BCUT2D eigenvalue weighted by Gasteiger charge is 2.28. The molecule has 34 heavy (non-hydrogen) atoms. The van der Waals surface area contributed by atoms with E-state index in [2.05, 4.69) is 26.6 Å². The van der Waals surface area contributed by atoms with Crippen molar-refractivity contribution in [1.29, 1.82) is 0 Å². The second-order valence-electron chi connectivity index (χ2n) is 8.89. The molecule has 1 aromatic carbocycles. The summed E-state index contributed by atoms with van der Waals surface area (Å²) in [5, 5.41) is 0.637. The summed E-state index contributed by atoms with van der Waals surface area (Å²) in [5.74, 6) is 0.461. The van der Waals surface area contributed by atoms with Crippen molar-refractivity contribution in [2.45, 2.75) is 32.2 Å². The Kier molecular flexibility index (Phi) is 6.50. The molecule has 0 amide bonds. The van der Waals surface area contributed by atoms with Crippen molar-refractivity contribution >= 4 is 29.2 Å². The zero-order valence-electron chi connectivity index (χ0n) is 19.1. The lowest BCUT2D eigenvalue weighted by molar-refractivity contribution is 0.509. The summed E-state index contributed by atoms with van der Waals surface area (Å²) in [5.41, 5.74) is 1.12. The predicted octanol–water partition coefficient (Wildman–Crippen LogP) is 5.18. The van der Waals surface area contributed by atoms with Crippen LogP contribution in [0.15, 0.2) is 42.6 Å².